The van der Waals surface area contributed by atoms with E-state index in [9.17, 15) is 0 Å². The van der Waals surface area contributed by atoms with Crippen LogP contribution in [0.2, 0.25) is 0 Å². The van der Waals surface area contributed by atoms with Gasteiger partial charge in [0.1, 0.15) is 11.6 Å². The van der Waals surface area contributed by atoms with Crippen molar-refractivity contribution in [2.24, 2.45) is 0 Å². The highest BCUT2D eigenvalue weighted by atomic mass is 16.5. The first kappa shape index (κ1) is 14.4. The molecule has 1 N–H and O–H groups in total. The lowest BCUT2D eigenvalue weighted by Gasteiger charge is -2.18. The van der Waals surface area contributed by atoms with Crippen molar-refractivity contribution < 1.29 is 9.47 Å². The van der Waals surface area contributed by atoms with Crippen LogP contribution in [0.1, 0.15) is 25.6 Å². The van der Waals surface area contributed by atoms with Crippen molar-refractivity contribution in [3.05, 3.63) is 24.0 Å². The van der Waals surface area contributed by atoms with E-state index in [1.165, 1.54) is 0 Å². The number of aromatic nitrogens is 2. The van der Waals surface area contributed by atoms with Crippen LogP contribution in [0, 0.1) is 0 Å². The van der Waals surface area contributed by atoms with Gasteiger partial charge in [0.15, 0.2) is 0 Å². The quantitative estimate of drug-likeness (QED) is 0.916. The van der Waals surface area contributed by atoms with Crippen LogP contribution in [0.25, 0.3) is 11.0 Å². The second-order valence-corrected chi connectivity index (χ2v) is 5.38. The number of imidazole rings is 1. The number of nitrogens with one attached hydrogen (secondary N) is 1. The van der Waals surface area contributed by atoms with E-state index in [2.05, 4.69) is 29.8 Å². The lowest BCUT2D eigenvalue weighted by Crippen LogP contribution is -2.35. The average molecular weight is 289 g/mol. The van der Waals surface area contributed by atoms with E-state index in [-0.39, 0.29) is 0 Å². The lowest BCUT2D eigenvalue weighted by atomic mass is 10.0. The Morgan fingerprint density at radius 2 is 2.24 bits per heavy atom. The fourth-order valence-corrected chi connectivity index (χ4v) is 3.14. The molecule has 1 saturated heterocycles. The van der Waals surface area contributed by atoms with Gasteiger partial charge in [0, 0.05) is 18.7 Å². The van der Waals surface area contributed by atoms with Crippen LogP contribution >= 0.6 is 0 Å². The third kappa shape index (κ3) is 2.51. The molecule has 0 bridgehead atoms. The van der Waals surface area contributed by atoms with E-state index in [0.717, 1.165) is 48.9 Å². The Balaban J connectivity index is 2.04. The highest BCUT2D eigenvalue weighted by Gasteiger charge is 2.32. The van der Waals surface area contributed by atoms with Crippen LogP contribution in [0.5, 0.6) is 5.75 Å². The van der Waals surface area contributed by atoms with Crippen molar-refractivity contribution >= 4 is 11.0 Å². The van der Waals surface area contributed by atoms with E-state index in [1.54, 1.807) is 7.11 Å². The second-order valence-electron chi connectivity index (χ2n) is 5.38. The fourth-order valence-electron chi connectivity index (χ4n) is 3.14. The van der Waals surface area contributed by atoms with Crippen molar-refractivity contribution in [1.29, 1.82) is 0 Å². The van der Waals surface area contributed by atoms with Crippen molar-refractivity contribution in [2.75, 3.05) is 26.9 Å². The topological polar surface area (TPSA) is 48.3 Å². The van der Waals surface area contributed by atoms with Gasteiger partial charge in [-0.05, 0) is 25.6 Å². The third-order valence-corrected chi connectivity index (χ3v) is 4.18. The predicted molar refractivity (Wildman–Crippen MR) is 83.0 cm³/mol. The molecule has 1 aliphatic rings. The molecule has 0 aliphatic carbocycles. The lowest BCUT2D eigenvalue weighted by molar-refractivity contribution is 0.187. The number of fused-ring (bicyclic) bond motifs is 1. The molecule has 0 radical (unpaired) electrons. The summed E-state index contributed by atoms with van der Waals surface area (Å²) < 4.78 is 13.3. The van der Waals surface area contributed by atoms with Crippen LogP contribution in [-0.4, -0.2) is 42.5 Å². The predicted octanol–water partition coefficient (Wildman–Crippen LogP) is 2.16. The first-order valence-electron chi connectivity index (χ1n) is 7.63. The minimum absolute atomic E-state index is 0.309. The first-order chi connectivity index (χ1) is 10.3. The molecule has 5 nitrogen and oxygen atoms in total. The number of ether oxygens (including phenoxy) is 2. The number of nitrogens with zero attached hydrogens (tertiary/aromatic N) is 2. The van der Waals surface area contributed by atoms with Crippen molar-refractivity contribution in [3.63, 3.8) is 0 Å². The van der Waals surface area contributed by atoms with Crippen molar-refractivity contribution in [3.8, 4) is 5.75 Å². The summed E-state index contributed by atoms with van der Waals surface area (Å²) in [5.74, 6) is 2.27. The highest BCUT2D eigenvalue weighted by Crippen LogP contribution is 2.30. The van der Waals surface area contributed by atoms with Crippen LogP contribution in [0.3, 0.4) is 0 Å². The molecule has 1 aliphatic heterocycles. The minimum Gasteiger partial charge on any atom is -0.497 e. The van der Waals surface area contributed by atoms with Gasteiger partial charge in [-0.2, -0.15) is 0 Å². The average Bonchev–Trinajstić information content (AvgIpc) is 3.10. The van der Waals surface area contributed by atoms with Gasteiger partial charge < -0.3 is 19.4 Å². The zero-order valence-electron chi connectivity index (χ0n) is 12.9. The summed E-state index contributed by atoms with van der Waals surface area (Å²) in [6.07, 6.45) is 0. The maximum Gasteiger partial charge on any atom is 0.121 e. The first-order valence-corrected chi connectivity index (χ1v) is 7.63. The van der Waals surface area contributed by atoms with E-state index in [4.69, 9.17) is 14.5 Å². The van der Waals surface area contributed by atoms with Gasteiger partial charge in [-0.1, -0.05) is 6.92 Å². The molecule has 114 valence electrons. The monoisotopic (exact) mass is 289 g/mol. The highest BCUT2D eigenvalue weighted by molar-refractivity contribution is 5.78. The Morgan fingerprint density at radius 1 is 1.38 bits per heavy atom. The molecule has 2 atom stereocenters. The maximum absolute atomic E-state index is 5.68. The zero-order valence-corrected chi connectivity index (χ0v) is 12.9. The van der Waals surface area contributed by atoms with Crippen molar-refractivity contribution in [1.82, 2.24) is 14.9 Å². The van der Waals surface area contributed by atoms with E-state index in [0.29, 0.717) is 12.0 Å². The SMILES string of the molecule is CCNC1COCC1c1nc2cc(OC)ccc2n1CC. The molecule has 2 aromatic rings. The number of benzene rings is 1. The Bertz CT molecular complexity index is 623. The molecule has 0 saturated carbocycles. The molecule has 2 unspecified atom stereocenters. The number of likely N-dealkylation sites (N-methyl/N-ethyl adjacent to an activating group) is 1. The molecule has 5 heteroatoms. The van der Waals surface area contributed by atoms with Gasteiger partial charge in [-0.15, -0.1) is 0 Å². The summed E-state index contributed by atoms with van der Waals surface area (Å²) in [6.45, 7) is 7.64. The number of aryl methyl sites for hydroxylation is 1. The molecule has 21 heavy (non-hydrogen) atoms. The molecule has 3 rings (SSSR count). The van der Waals surface area contributed by atoms with Crippen molar-refractivity contribution in [2.45, 2.75) is 32.4 Å². The van der Waals surface area contributed by atoms with Crippen LogP contribution in [-0.2, 0) is 11.3 Å². The Hall–Kier alpha value is -1.59. The molecule has 1 fully saturated rings. The number of hydrogen-bond acceptors (Lipinski definition) is 4. The molecule has 0 spiro atoms. The molecule has 0 amide bonds. The van der Waals surface area contributed by atoms with Crippen LogP contribution < -0.4 is 10.1 Å². The van der Waals surface area contributed by atoms with Gasteiger partial charge in [-0.3, -0.25) is 0 Å². The Morgan fingerprint density at radius 3 is 2.95 bits per heavy atom. The summed E-state index contributed by atoms with van der Waals surface area (Å²) in [5, 5.41) is 3.51. The van der Waals surface area contributed by atoms with Gasteiger partial charge >= 0.3 is 0 Å². The second kappa shape index (κ2) is 6.03. The Kier molecular flexibility index (Phi) is 4.12. The Labute approximate surface area is 125 Å². The molecule has 1 aromatic heterocycles. The van der Waals surface area contributed by atoms with Gasteiger partial charge in [0.2, 0.25) is 0 Å². The summed E-state index contributed by atoms with van der Waals surface area (Å²) in [4.78, 5) is 4.87. The number of methoxy groups -OCH3 is 1. The molecule has 1 aromatic carbocycles. The standard InChI is InChI=1S/C16H23N3O2/c1-4-17-14-10-21-9-12(14)16-18-13-8-11(20-3)6-7-15(13)19(16)5-2/h6-8,12,14,17H,4-5,9-10H2,1-3H3. The van der Waals surface area contributed by atoms with Gasteiger partial charge in [-0.25, -0.2) is 4.98 Å². The van der Waals surface area contributed by atoms with Crippen LogP contribution in [0.15, 0.2) is 18.2 Å². The maximum atomic E-state index is 5.68. The molecular weight excluding hydrogens is 266 g/mol. The molecular formula is C16H23N3O2. The van der Waals surface area contributed by atoms with E-state index < -0.39 is 0 Å². The normalized spacial score (nSPS) is 22.0. The zero-order chi connectivity index (χ0) is 14.8. The minimum atomic E-state index is 0.309. The largest absolute Gasteiger partial charge is 0.497 e. The summed E-state index contributed by atoms with van der Waals surface area (Å²) in [7, 11) is 1.69. The summed E-state index contributed by atoms with van der Waals surface area (Å²) in [6, 6.07) is 6.43. The van der Waals surface area contributed by atoms with E-state index in [1.807, 2.05) is 12.1 Å². The van der Waals surface area contributed by atoms with Gasteiger partial charge in [0.25, 0.3) is 0 Å². The van der Waals surface area contributed by atoms with E-state index >= 15 is 0 Å². The smallest absolute Gasteiger partial charge is 0.121 e. The third-order valence-electron chi connectivity index (χ3n) is 4.18. The fraction of sp³-hybridized carbons (Fsp3) is 0.562. The van der Waals surface area contributed by atoms with Crippen LogP contribution in [0.4, 0.5) is 0 Å². The molecule has 2 heterocycles. The number of hydrogen-bond donors (Lipinski definition) is 1. The number of rotatable bonds is 5. The van der Waals surface area contributed by atoms with Gasteiger partial charge in [0.05, 0.1) is 37.3 Å². The summed E-state index contributed by atoms with van der Waals surface area (Å²) >= 11 is 0. The summed E-state index contributed by atoms with van der Waals surface area (Å²) in [5.41, 5.74) is 2.16.